The lowest BCUT2D eigenvalue weighted by atomic mass is 9.83. The third-order valence-electron chi connectivity index (χ3n) is 4.77. The molecule has 1 fully saturated rings. The van der Waals surface area contributed by atoms with E-state index in [1.165, 1.54) is 18.7 Å². The minimum absolute atomic E-state index is 0.325. The molecular formula is C21H22ClN3O3. The van der Waals surface area contributed by atoms with Crippen LogP contribution in [0.4, 0.5) is 5.69 Å². The Morgan fingerprint density at radius 2 is 1.79 bits per heavy atom. The van der Waals surface area contributed by atoms with Crippen molar-refractivity contribution in [3.63, 3.8) is 0 Å². The molecule has 1 aliphatic rings. The van der Waals surface area contributed by atoms with Crippen molar-refractivity contribution in [3.05, 3.63) is 59.1 Å². The van der Waals surface area contributed by atoms with E-state index >= 15 is 0 Å². The van der Waals surface area contributed by atoms with Gasteiger partial charge in [0.25, 0.3) is 0 Å². The number of carbonyl (C=O) groups is 2. The van der Waals surface area contributed by atoms with Crippen LogP contribution in [0.5, 0.6) is 5.75 Å². The third kappa shape index (κ3) is 5.10. The van der Waals surface area contributed by atoms with E-state index in [9.17, 15) is 9.59 Å². The molecule has 28 heavy (non-hydrogen) atoms. The largest absolute Gasteiger partial charge is 0.495 e. The average Bonchev–Trinajstić information content (AvgIpc) is 2.73. The van der Waals surface area contributed by atoms with Crippen molar-refractivity contribution in [1.82, 2.24) is 5.43 Å². The number of anilines is 1. The van der Waals surface area contributed by atoms with Crippen LogP contribution in [0.1, 0.15) is 37.2 Å². The zero-order valence-corrected chi connectivity index (χ0v) is 16.3. The van der Waals surface area contributed by atoms with E-state index in [0.717, 1.165) is 31.4 Å². The fourth-order valence-corrected chi connectivity index (χ4v) is 3.43. The van der Waals surface area contributed by atoms with Gasteiger partial charge in [-0.3, -0.25) is 9.59 Å². The first-order valence-corrected chi connectivity index (χ1v) is 9.50. The molecule has 2 aromatic rings. The summed E-state index contributed by atoms with van der Waals surface area (Å²) in [5.41, 5.74) is 4.90. The molecule has 2 N–H and O–H groups in total. The first-order valence-electron chi connectivity index (χ1n) is 9.12. The second kappa shape index (κ2) is 9.37. The van der Waals surface area contributed by atoms with Crippen LogP contribution in [-0.2, 0) is 9.59 Å². The maximum atomic E-state index is 12.1. The van der Waals surface area contributed by atoms with Crippen LogP contribution in [0, 0.1) is 0 Å². The number of nitrogens with one attached hydrogen (secondary N) is 2. The van der Waals surface area contributed by atoms with Crippen molar-refractivity contribution >= 4 is 34.8 Å². The lowest BCUT2D eigenvalue weighted by Crippen LogP contribution is -2.33. The van der Waals surface area contributed by atoms with Crippen LogP contribution in [0.15, 0.2) is 53.6 Å². The molecular weight excluding hydrogens is 378 g/mol. The summed E-state index contributed by atoms with van der Waals surface area (Å²) < 4.78 is 5.15. The molecule has 2 aromatic carbocycles. The number of carbonyl (C=O) groups excluding carboxylic acids is 2. The zero-order valence-electron chi connectivity index (χ0n) is 15.6. The Morgan fingerprint density at radius 3 is 2.46 bits per heavy atom. The molecule has 2 amide bonds. The summed E-state index contributed by atoms with van der Waals surface area (Å²) in [6.07, 6.45) is 3.54. The Balaban J connectivity index is 1.53. The highest BCUT2D eigenvalue weighted by molar-refractivity contribution is 6.40. The number of hydrogen-bond acceptors (Lipinski definition) is 4. The molecule has 0 aliphatic heterocycles. The molecule has 146 valence electrons. The summed E-state index contributed by atoms with van der Waals surface area (Å²) in [6, 6.07) is 15.2. The lowest BCUT2D eigenvalue weighted by molar-refractivity contribution is -0.136. The van der Waals surface area contributed by atoms with Gasteiger partial charge in [-0.1, -0.05) is 41.9 Å². The summed E-state index contributed by atoms with van der Waals surface area (Å²) in [4.78, 5) is 24.2. The molecule has 3 rings (SSSR count). The number of halogens is 1. The smallest absolute Gasteiger partial charge is 0.329 e. The highest BCUT2D eigenvalue weighted by Gasteiger charge is 2.20. The van der Waals surface area contributed by atoms with Gasteiger partial charge >= 0.3 is 11.8 Å². The number of methoxy groups -OCH3 is 1. The maximum absolute atomic E-state index is 12.1. The Labute approximate surface area is 168 Å². The van der Waals surface area contributed by atoms with Crippen LogP contribution in [-0.4, -0.2) is 24.6 Å². The summed E-state index contributed by atoms with van der Waals surface area (Å²) in [6.45, 7) is 0. The molecule has 0 unspecified atom stereocenters. The average molecular weight is 400 g/mol. The zero-order chi connectivity index (χ0) is 19.9. The minimum Gasteiger partial charge on any atom is -0.495 e. The predicted molar refractivity (Wildman–Crippen MR) is 110 cm³/mol. The first kappa shape index (κ1) is 19.9. The van der Waals surface area contributed by atoms with Gasteiger partial charge in [0.05, 0.1) is 12.8 Å². The van der Waals surface area contributed by atoms with Gasteiger partial charge in [0, 0.05) is 10.7 Å². The van der Waals surface area contributed by atoms with Crippen molar-refractivity contribution in [1.29, 1.82) is 0 Å². The fraction of sp³-hybridized carbons (Fsp3) is 0.286. The number of ether oxygens (including phenoxy) is 1. The van der Waals surface area contributed by atoms with E-state index in [0.29, 0.717) is 22.4 Å². The molecule has 0 heterocycles. The van der Waals surface area contributed by atoms with Crippen LogP contribution >= 0.6 is 11.6 Å². The SMILES string of the molecule is COc1ccc(Cl)cc1NC(=O)C(=O)NN=C1CCC(c2ccccc2)CC1. The summed E-state index contributed by atoms with van der Waals surface area (Å²) in [7, 11) is 1.47. The van der Waals surface area contributed by atoms with E-state index in [4.69, 9.17) is 16.3 Å². The molecule has 0 atom stereocenters. The molecule has 6 nitrogen and oxygen atoms in total. The minimum atomic E-state index is -0.834. The first-order chi connectivity index (χ1) is 13.6. The van der Waals surface area contributed by atoms with Gasteiger partial charge in [-0.2, -0.15) is 5.10 Å². The standard InChI is InChI=1S/C21H22ClN3O3/c1-28-19-12-9-16(22)13-18(19)23-20(26)21(27)25-24-17-10-7-15(8-11-17)14-5-3-2-4-6-14/h2-6,9,12-13,15H,7-8,10-11H2,1H3,(H,23,26)(H,25,27). The van der Waals surface area contributed by atoms with Gasteiger partial charge in [-0.05, 0) is 55.4 Å². The molecule has 1 aliphatic carbocycles. The molecule has 0 aromatic heterocycles. The number of rotatable bonds is 4. The van der Waals surface area contributed by atoms with Gasteiger partial charge in [-0.25, -0.2) is 5.43 Å². The van der Waals surface area contributed by atoms with E-state index in [2.05, 4.69) is 28.0 Å². The number of hydrazone groups is 1. The fourth-order valence-electron chi connectivity index (χ4n) is 3.26. The van der Waals surface area contributed by atoms with E-state index in [-0.39, 0.29) is 0 Å². The van der Waals surface area contributed by atoms with Gasteiger partial charge in [-0.15, -0.1) is 0 Å². The Bertz CT molecular complexity index is 874. The van der Waals surface area contributed by atoms with Gasteiger partial charge in [0.2, 0.25) is 0 Å². The third-order valence-corrected chi connectivity index (χ3v) is 5.00. The van der Waals surface area contributed by atoms with Gasteiger partial charge in [0.15, 0.2) is 0 Å². The summed E-state index contributed by atoms with van der Waals surface area (Å²) in [5.74, 6) is -0.742. The van der Waals surface area contributed by atoms with Crippen LogP contribution in [0.3, 0.4) is 0 Å². The summed E-state index contributed by atoms with van der Waals surface area (Å²) >= 11 is 5.93. The monoisotopic (exact) mass is 399 g/mol. The molecule has 0 radical (unpaired) electrons. The van der Waals surface area contributed by atoms with Crippen LogP contribution < -0.4 is 15.5 Å². The summed E-state index contributed by atoms with van der Waals surface area (Å²) in [5, 5.41) is 7.04. The molecule has 0 bridgehead atoms. The molecule has 7 heteroatoms. The number of nitrogens with zero attached hydrogens (tertiary/aromatic N) is 1. The Hall–Kier alpha value is -2.86. The highest BCUT2D eigenvalue weighted by atomic mass is 35.5. The molecule has 0 saturated heterocycles. The van der Waals surface area contributed by atoms with Crippen LogP contribution in [0.25, 0.3) is 0 Å². The van der Waals surface area contributed by atoms with Crippen molar-refractivity contribution < 1.29 is 14.3 Å². The van der Waals surface area contributed by atoms with Gasteiger partial charge < -0.3 is 10.1 Å². The van der Waals surface area contributed by atoms with Crippen molar-refractivity contribution in [2.45, 2.75) is 31.6 Å². The van der Waals surface area contributed by atoms with Crippen molar-refractivity contribution in [2.75, 3.05) is 12.4 Å². The second-order valence-corrected chi connectivity index (χ2v) is 7.04. The molecule has 0 spiro atoms. The Kier molecular flexibility index (Phi) is 6.66. The lowest BCUT2D eigenvalue weighted by Gasteiger charge is -2.23. The quantitative estimate of drug-likeness (QED) is 0.599. The van der Waals surface area contributed by atoms with Crippen LogP contribution in [0.2, 0.25) is 5.02 Å². The van der Waals surface area contributed by atoms with E-state index in [1.54, 1.807) is 12.1 Å². The van der Waals surface area contributed by atoms with E-state index < -0.39 is 11.8 Å². The normalized spacial score (nSPS) is 16.2. The molecule has 1 saturated carbocycles. The maximum Gasteiger partial charge on any atom is 0.329 e. The second-order valence-electron chi connectivity index (χ2n) is 6.60. The highest BCUT2D eigenvalue weighted by Crippen LogP contribution is 2.31. The predicted octanol–water partition coefficient (Wildman–Crippen LogP) is 4.12. The van der Waals surface area contributed by atoms with Crippen molar-refractivity contribution in [2.24, 2.45) is 5.10 Å². The number of benzene rings is 2. The number of amides is 2. The van der Waals surface area contributed by atoms with E-state index in [1.807, 2.05) is 18.2 Å². The van der Waals surface area contributed by atoms with Crippen molar-refractivity contribution in [3.8, 4) is 5.75 Å². The van der Waals surface area contributed by atoms with Gasteiger partial charge in [0.1, 0.15) is 5.75 Å². The Morgan fingerprint density at radius 1 is 1.07 bits per heavy atom. The topological polar surface area (TPSA) is 79.8 Å². The number of hydrogen-bond donors (Lipinski definition) is 2.